The van der Waals surface area contributed by atoms with Crippen LogP contribution in [0.25, 0.3) is 11.4 Å². The number of carbonyl (C=O) groups is 1. The van der Waals surface area contributed by atoms with Crippen molar-refractivity contribution in [1.29, 1.82) is 0 Å². The van der Waals surface area contributed by atoms with Gasteiger partial charge in [0, 0.05) is 19.4 Å². The molecule has 25 heavy (non-hydrogen) atoms. The minimum Gasteiger partial charge on any atom is -0.472 e. The van der Waals surface area contributed by atoms with Crippen LogP contribution in [0.1, 0.15) is 30.2 Å². The van der Waals surface area contributed by atoms with Crippen LogP contribution in [0.2, 0.25) is 0 Å². The lowest BCUT2D eigenvalue weighted by Crippen LogP contribution is -2.26. The summed E-state index contributed by atoms with van der Waals surface area (Å²) in [6.07, 6.45) is 5.03. The van der Waals surface area contributed by atoms with Gasteiger partial charge in [-0.2, -0.15) is 4.98 Å². The van der Waals surface area contributed by atoms with E-state index in [2.05, 4.69) is 39.7 Å². The smallest absolute Gasteiger partial charge is 0.227 e. The molecule has 128 valence electrons. The van der Waals surface area contributed by atoms with Crippen molar-refractivity contribution in [3.05, 3.63) is 60.4 Å². The van der Waals surface area contributed by atoms with Crippen molar-refractivity contribution in [2.45, 2.75) is 25.2 Å². The second-order valence-electron chi connectivity index (χ2n) is 6.34. The highest BCUT2D eigenvalue weighted by molar-refractivity contribution is 5.76. The van der Waals surface area contributed by atoms with Crippen LogP contribution >= 0.6 is 0 Å². The Hall–Kier alpha value is -2.89. The number of hydrogen-bond donors (Lipinski definition) is 1. The summed E-state index contributed by atoms with van der Waals surface area (Å²) in [6, 6.07) is 12.2. The minimum absolute atomic E-state index is 0.0155. The van der Waals surface area contributed by atoms with Gasteiger partial charge in [0.05, 0.1) is 11.8 Å². The predicted molar refractivity (Wildman–Crippen MR) is 90.6 cm³/mol. The monoisotopic (exact) mass is 337 g/mol. The molecular formula is C19H19N3O3. The standard InChI is InChI=1S/C19H19N3O3/c23-17(20-11-15-10-16(15)13-4-2-1-3-5-13)6-7-18-21-19(22-25-18)14-8-9-24-12-14/h1-5,8-9,12,15-16H,6-7,10-11H2,(H,20,23)/t15-,16-/m0/s1. The number of benzene rings is 1. The molecule has 6 heteroatoms. The molecule has 3 aromatic rings. The molecule has 1 amide bonds. The van der Waals surface area contributed by atoms with Crippen molar-refractivity contribution in [3.63, 3.8) is 0 Å². The van der Waals surface area contributed by atoms with E-state index in [0.29, 0.717) is 36.4 Å². The molecule has 6 nitrogen and oxygen atoms in total. The summed E-state index contributed by atoms with van der Waals surface area (Å²) in [5, 5.41) is 6.89. The summed E-state index contributed by atoms with van der Waals surface area (Å²) >= 11 is 0. The molecule has 0 radical (unpaired) electrons. The van der Waals surface area contributed by atoms with Crippen molar-refractivity contribution in [1.82, 2.24) is 15.5 Å². The molecular weight excluding hydrogens is 318 g/mol. The average molecular weight is 337 g/mol. The number of aromatic nitrogens is 2. The fourth-order valence-electron chi connectivity index (χ4n) is 3.00. The quantitative estimate of drug-likeness (QED) is 0.716. The van der Waals surface area contributed by atoms with E-state index in [1.54, 1.807) is 18.6 Å². The van der Waals surface area contributed by atoms with Gasteiger partial charge in [0.1, 0.15) is 6.26 Å². The molecule has 0 unspecified atom stereocenters. The average Bonchev–Trinajstić information content (AvgIpc) is 3.02. The lowest BCUT2D eigenvalue weighted by molar-refractivity contribution is -0.121. The zero-order valence-electron chi connectivity index (χ0n) is 13.7. The number of nitrogens with one attached hydrogen (secondary N) is 1. The summed E-state index contributed by atoms with van der Waals surface area (Å²) in [5.41, 5.74) is 2.12. The Bertz CT molecular complexity index is 827. The molecule has 0 spiro atoms. The van der Waals surface area contributed by atoms with Gasteiger partial charge in [-0.15, -0.1) is 0 Å². The number of aryl methyl sites for hydroxylation is 1. The maximum Gasteiger partial charge on any atom is 0.227 e. The highest BCUT2D eigenvalue weighted by atomic mass is 16.5. The largest absolute Gasteiger partial charge is 0.472 e. The van der Waals surface area contributed by atoms with E-state index in [0.717, 1.165) is 18.5 Å². The first-order valence-corrected chi connectivity index (χ1v) is 8.46. The van der Waals surface area contributed by atoms with Crippen LogP contribution in [-0.4, -0.2) is 22.6 Å². The Labute approximate surface area is 145 Å². The number of furan rings is 1. The first-order valence-electron chi connectivity index (χ1n) is 8.46. The Morgan fingerprint density at radius 2 is 2.12 bits per heavy atom. The van der Waals surface area contributed by atoms with Crippen LogP contribution < -0.4 is 5.32 Å². The van der Waals surface area contributed by atoms with Crippen LogP contribution in [-0.2, 0) is 11.2 Å². The Balaban J connectivity index is 1.20. The molecule has 4 rings (SSSR count). The first-order chi connectivity index (χ1) is 12.3. The van der Waals surface area contributed by atoms with Crippen LogP contribution in [0.5, 0.6) is 0 Å². The van der Waals surface area contributed by atoms with Gasteiger partial charge in [0.15, 0.2) is 0 Å². The highest BCUT2D eigenvalue weighted by Crippen LogP contribution is 2.46. The first kappa shape index (κ1) is 15.6. The normalized spacial score (nSPS) is 18.9. The Morgan fingerprint density at radius 1 is 1.24 bits per heavy atom. The number of rotatable bonds is 7. The molecule has 1 N–H and O–H groups in total. The number of amides is 1. The number of carbonyl (C=O) groups excluding carboxylic acids is 1. The molecule has 1 fully saturated rings. The third-order valence-corrected chi connectivity index (χ3v) is 4.53. The van der Waals surface area contributed by atoms with Crippen LogP contribution in [0, 0.1) is 5.92 Å². The summed E-state index contributed by atoms with van der Waals surface area (Å²) in [4.78, 5) is 16.3. The minimum atomic E-state index is 0.0155. The van der Waals surface area contributed by atoms with Gasteiger partial charge < -0.3 is 14.3 Å². The zero-order chi connectivity index (χ0) is 17.1. The fourth-order valence-corrected chi connectivity index (χ4v) is 3.00. The zero-order valence-corrected chi connectivity index (χ0v) is 13.7. The van der Waals surface area contributed by atoms with Crippen molar-refractivity contribution in [2.75, 3.05) is 6.54 Å². The molecule has 1 aromatic carbocycles. The van der Waals surface area contributed by atoms with Crippen molar-refractivity contribution in [3.8, 4) is 11.4 Å². The molecule has 1 saturated carbocycles. The Kier molecular flexibility index (Phi) is 4.33. The molecule has 1 aliphatic carbocycles. The lowest BCUT2D eigenvalue weighted by Gasteiger charge is -2.04. The van der Waals surface area contributed by atoms with Crippen LogP contribution in [0.3, 0.4) is 0 Å². The maximum atomic E-state index is 12.0. The summed E-state index contributed by atoms with van der Waals surface area (Å²) in [7, 11) is 0. The molecule has 2 atom stereocenters. The van der Waals surface area contributed by atoms with Gasteiger partial charge in [-0.25, -0.2) is 0 Å². The van der Waals surface area contributed by atoms with E-state index >= 15 is 0 Å². The molecule has 0 bridgehead atoms. The van der Waals surface area contributed by atoms with E-state index < -0.39 is 0 Å². The number of nitrogens with zero attached hydrogens (tertiary/aromatic N) is 2. The van der Waals surface area contributed by atoms with Gasteiger partial charge in [-0.05, 0) is 29.9 Å². The van der Waals surface area contributed by atoms with Crippen molar-refractivity contribution < 1.29 is 13.7 Å². The van der Waals surface area contributed by atoms with Gasteiger partial charge in [-0.3, -0.25) is 4.79 Å². The topological polar surface area (TPSA) is 81.2 Å². The van der Waals surface area contributed by atoms with E-state index in [1.807, 2.05) is 6.07 Å². The summed E-state index contributed by atoms with van der Waals surface area (Å²) < 4.78 is 10.2. The van der Waals surface area contributed by atoms with E-state index in [9.17, 15) is 4.79 Å². The van der Waals surface area contributed by atoms with Gasteiger partial charge in [0.2, 0.25) is 17.6 Å². The Morgan fingerprint density at radius 3 is 2.92 bits per heavy atom. The van der Waals surface area contributed by atoms with Gasteiger partial charge in [0.25, 0.3) is 0 Å². The summed E-state index contributed by atoms with van der Waals surface area (Å²) in [6.45, 7) is 0.725. The second kappa shape index (κ2) is 6.93. The van der Waals surface area contributed by atoms with E-state index in [-0.39, 0.29) is 5.91 Å². The molecule has 0 saturated heterocycles. The third kappa shape index (κ3) is 3.79. The fraction of sp³-hybridized carbons (Fsp3) is 0.316. The van der Waals surface area contributed by atoms with Crippen LogP contribution in [0.4, 0.5) is 0 Å². The molecule has 0 aliphatic heterocycles. The maximum absolute atomic E-state index is 12.0. The third-order valence-electron chi connectivity index (χ3n) is 4.53. The van der Waals surface area contributed by atoms with E-state index in [1.165, 1.54) is 5.56 Å². The van der Waals surface area contributed by atoms with E-state index in [4.69, 9.17) is 8.94 Å². The highest BCUT2D eigenvalue weighted by Gasteiger charge is 2.37. The molecule has 1 aliphatic rings. The number of hydrogen-bond acceptors (Lipinski definition) is 5. The molecule has 2 aromatic heterocycles. The lowest BCUT2D eigenvalue weighted by atomic mass is 10.1. The van der Waals surface area contributed by atoms with Crippen molar-refractivity contribution in [2.24, 2.45) is 5.92 Å². The SMILES string of the molecule is O=C(CCc1nc(-c2ccoc2)no1)NC[C@@H]1C[C@H]1c1ccccc1. The second-order valence-corrected chi connectivity index (χ2v) is 6.34. The van der Waals surface area contributed by atoms with Gasteiger partial charge >= 0.3 is 0 Å². The van der Waals surface area contributed by atoms with Crippen molar-refractivity contribution >= 4 is 5.91 Å². The summed E-state index contributed by atoms with van der Waals surface area (Å²) in [5.74, 6) is 2.08. The molecule has 2 heterocycles. The predicted octanol–water partition coefficient (Wildman–Crippen LogP) is 3.18. The van der Waals surface area contributed by atoms with Gasteiger partial charge in [-0.1, -0.05) is 35.5 Å². The van der Waals surface area contributed by atoms with Crippen LogP contribution in [0.15, 0.2) is 57.9 Å².